The minimum absolute atomic E-state index is 0.0285. The number of halogens is 1. The Morgan fingerprint density at radius 2 is 2.16 bits per heavy atom. The molecule has 0 aliphatic rings. The molecule has 1 aromatic carbocycles. The minimum atomic E-state index is -0.105. The topological polar surface area (TPSA) is 50.4 Å². The molecule has 1 rings (SSSR count). The third-order valence-electron chi connectivity index (χ3n) is 2.52. The number of hydrogen-bond donors (Lipinski definition) is 2. The van der Waals surface area contributed by atoms with Crippen molar-refractivity contribution < 1.29 is 9.53 Å². The molecule has 106 valence electrons. The van der Waals surface area contributed by atoms with E-state index < -0.39 is 0 Å². The Kier molecular flexibility index (Phi) is 7.30. The average molecular weight is 285 g/mol. The van der Waals surface area contributed by atoms with Crippen LogP contribution in [0.2, 0.25) is 5.02 Å². The largest absolute Gasteiger partial charge is 0.483 e. The van der Waals surface area contributed by atoms with E-state index in [0.29, 0.717) is 23.9 Å². The summed E-state index contributed by atoms with van der Waals surface area (Å²) in [5.41, 5.74) is 0.956. The molecule has 0 saturated heterocycles. The monoisotopic (exact) mass is 284 g/mol. The van der Waals surface area contributed by atoms with Crippen molar-refractivity contribution in [1.29, 1.82) is 0 Å². The molecule has 0 saturated carbocycles. The lowest BCUT2D eigenvalue weighted by atomic mass is 10.2. The van der Waals surface area contributed by atoms with Crippen LogP contribution in [-0.4, -0.2) is 25.6 Å². The maximum absolute atomic E-state index is 11.5. The first kappa shape index (κ1) is 15.8. The molecule has 0 spiro atoms. The van der Waals surface area contributed by atoms with Crippen LogP contribution in [0.3, 0.4) is 0 Å². The van der Waals surface area contributed by atoms with Crippen molar-refractivity contribution in [3.63, 3.8) is 0 Å². The van der Waals surface area contributed by atoms with Gasteiger partial charge in [-0.25, -0.2) is 0 Å². The van der Waals surface area contributed by atoms with E-state index >= 15 is 0 Å². The molecule has 0 radical (unpaired) electrons. The van der Waals surface area contributed by atoms with Gasteiger partial charge < -0.3 is 15.4 Å². The van der Waals surface area contributed by atoms with E-state index in [4.69, 9.17) is 16.3 Å². The highest BCUT2D eigenvalue weighted by Crippen LogP contribution is 2.22. The number of benzene rings is 1. The number of nitrogens with one attached hydrogen (secondary N) is 2. The number of carbonyl (C=O) groups is 1. The van der Waals surface area contributed by atoms with Crippen molar-refractivity contribution in [3.05, 3.63) is 28.8 Å². The third kappa shape index (κ3) is 5.94. The molecule has 0 heterocycles. The van der Waals surface area contributed by atoms with Gasteiger partial charge in [0.15, 0.2) is 6.61 Å². The lowest BCUT2D eigenvalue weighted by Gasteiger charge is -2.12. The molecule has 0 aliphatic heterocycles. The summed E-state index contributed by atoms with van der Waals surface area (Å²) in [6.07, 6.45) is 0.915. The van der Waals surface area contributed by atoms with Gasteiger partial charge in [-0.3, -0.25) is 4.79 Å². The number of rotatable bonds is 8. The van der Waals surface area contributed by atoms with Gasteiger partial charge in [0.25, 0.3) is 5.91 Å². The van der Waals surface area contributed by atoms with Crippen LogP contribution in [0.5, 0.6) is 5.75 Å². The number of ether oxygens (including phenoxy) is 1. The van der Waals surface area contributed by atoms with E-state index in [2.05, 4.69) is 10.6 Å². The second-order valence-electron chi connectivity index (χ2n) is 4.17. The molecule has 0 aliphatic carbocycles. The molecule has 4 nitrogen and oxygen atoms in total. The average Bonchev–Trinajstić information content (AvgIpc) is 2.41. The molecule has 0 aromatic heterocycles. The summed E-state index contributed by atoms with van der Waals surface area (Å²) in [7, 11) is 0. The molecule has 1 amide bonds. The van der Waals surface area contributed by atoms with Gasteiger partial charge in [0, 0.05) is 23.7 Å². The fourth-order valence-corrected chi connectivity index (χ4v) is 1.74. The fraction of sp³-hybridized carbons (Fsp3) is 0.500. The molecule has 0 atom stereocenters. The van der Waals surface area contributed by atoms with Gasteiger partial charge in [-0.15, -0.1) is 0 Å². The molecule has 2 N–H and O–H groups in total. The standard InChI is InChI=1S/C14H21ClN2O2/c1-3-7-17-14(18)10-19-13-6-5-12(15)8-11(13)9-16-4-2/h5-6,8,16H,3-4,7,9-10H2,1-2H3,(H,17,18). The second kappa shape index (κ2) is 8.77. The lowest BCUT2D eigenvalue weighted by molar-refractivity contribution is -0.123. The zero-order valence-corrected chi connectivity index (χ0v) is 12.2. The number of hydrogen-bond acceptors (Lipinski definition) is 3. The molecular weight excluding hydrogens is 264 g/mol. The van der Waals surface area contributed by atoms with Crippen LogP contribution in [0.25, 0.3) is 0 Å². The first-order valence-electron chi connectivity index (χ1n) is 6.56. The van der Waals surface area contributed by atoms with E-state index in [-0.39, 0.29) is 12.5 Å². The summed E-state index contributed by atoms with van der Waals surface area (Å²) in [4.78, 5) is 11.5. The van der Waals surface area contributed by atoms with Crippen LogP contribution in [-0.2, 0) is 11.3 Å². The smallest absolute Gasteiger partial charge is 0.257 e. The zero-order chi connectivity index (χ0) is 14.1. The van der Waals surface area contributed by atoms with Gasteiger partial charge in [0.05, 0.1) is 0 Å². The van der Waals surface area contributed by atoms with Crippen molar-refractivity contribution in [1.82, 2.24) is 10.6 Å². The van der Waals surface area contributed by atoms with E-state index in [9.17, 15) is 4.79 Å². The summed E-state index contributed by atoms with van der Waals surface area (Å²) in [6, 6.07) is 5.40. The Labute approximate surface area is 119 Å². The van der Waals surface area contributed by atoms with Gasteiger partial charge >= 0.3 is 0 Å². The van der Waals surface area contributed by atoms with Crippen LogP contribution in [0, 0.1) is 0 Å². The van der Waals surface area contributed by atoms with Crippen molar-refractivity contribution in [2.24, 2.45) is 0 Å². The van der Waals surface area contributed by atoms with Crippen LogP contribution in [0.15, 0.2) is 18.2 Å². The number of amides is 1. The Bertz CT molecular complexity index is 410. The van der Waals surface area contributed by atoms with Gasteiger partial charge in [-0.1, -0.05) is 25.4 Å². The maximum atomic E-state index is 11.5. The van der Waals surface area contributed by atoms with E-state index in [1.807, 2.05) is 19.9 Å². The first-order chi connectivity index (χ1) is 9.17. The summed E-state index contributed by atoms with van der Waals surface area (Å²) >= 11 is 5.96. The van der Waals surface area contributed by atoms with Crippen molar-refractivity contribution >= 4 is 17.5 Å². The van der Waals surface area contributed by atoms with Crippen molar-refractivity contribution in [2.75, 3.05) is 19.7 Å². The molecule has 0 bridgehead atoms. The van der Waals surface area contributed by atoms with E-state index in [0.717, 1.165) is 18.5 Å². The predicted octanol–water partition coefficient (Wildman–Crippen LogP) is 2.35. The molecule has 0 fully saturated rings. The van der Waals surface area contributed by atoms with Crippen molar-refractivity contribution in [2.45, 2.75) is 26.8 Å². The SMILES string of the molecule is CCCNC(=O)COc1ccc(Cl)cc1CNCC. The van der Waals surface area contributed by atoms with Crippen LogP contribution < -0.4 is 15.4 Å². The summed E-state index contributed by atoms with van der Waals surface area (Å²) in [5.74, 6) is 0.586. The highest BCUT2D eigenvalue weighted by Gasteiger charge is 2.07. The van der Waals surface area contributed by atoms with E-state index in [1.165, 1.54) is 0 Å². The summed E-state index contributed by atoms with van der Waals surface area (Å²) < 4.78 is 5.54. The summed E-state index contributed by atoms with van der Waals surface area (Å²) in [5, 5.41) is 6.65. The molecular formula is C14H21ClN2O2. The zero-order valence-electron chi connectivity index (χ0n) is 11.5. The lowest BCUT2D eigenvalue weighted by Crippen LogP contribution is -2.29. The van der Waals surface area contributed by atoms with Crippen LogP contribution in [0.1, 0.15) is 25.8 Å². The third-order valence-corrected chi connectivity index (χ3v) is 2.75. The van der Waals surface area contributed by atoms with Crippen LogP contribution in [0.4, 0.5) is 0 Å². The maximum Gasteiger partial charge on any atom is 0.257 e. The predicted molar refractivity (Wildman–Crippen MR) is 77.6 cm³/mol. The quantitative estimate of drug-likeness (QED) is 0.770. The fourth-order valence-electron chi connectivity index (χ4n) is 1.55. The molecule has 5 heteroatoms. The van der Waals surface area contributed by atoms with E-state index in [1.54, 1.807) is 12.1 Å². The Hall–Kier alpha value is -1.26. The Balaban J connectivity index is 2.58. The second-order valence-corrected chi connectivity index (χ2v) is 4.61. The van der Waals surface area contributed by atoms with Gasteiger partial charge in [-0.2, -0.15) is 0 Å². The van der Waals surface area contributed by atoms with Crippen LogP contribution >= 0.6 is 11.6 Å². The van der Waals surface area contributed by atoms with Gasteiger partial charge in [-0.05, 0) is 31.2 Å². The summed E-state index contributed by atoms with van der Waals surface area (Å²) in [6.45, 7) is 6.28. The molecule has 0 unspecified atom stereocenters. The highest BCUT2D eigenvalue weighted by atomic mass is 35.5. The Morgan fingerprint density at radius 1 is 1.37 bits per heavy atom. The Morgan fingerprint density at radius 3 is 2.84 bits per heavy atom. The van der Waals surface area contributed by atoms with Gasteiger partial charge in [0.1, 0.15) is 5.75 Å². The number of carbonyl (C=O) groups excluding carboxylic acids is 1. The molecule has 19 heavy (non-hydrogen) atoms. The highest BCUT2D eigenvalue weighted by molar-refractivity contribution is 6.30. The first-order valence-corrected chi connectivity index (χ1v) is 6.93. The van der Waals surface area contributed by atoms with Gasteiger partial charge in [0.2, 0.25) is 0 Å². The minimum Gasteiger partial charge on any atom is -0.483 e. The normalized spacial score (nSPS) is 10.3. The molecule has 1 aromatic rings. The van der Waals surface area contributed by atoms with Crippen molar-refractivity contribution in [3.8, 4) is 5.75 Å².